The number of anilines is 1. The number of rotatable bonds is 2. The van der Waals surface area contributed by atoms with Crippen LogP contribution in [0.3, 0.4) is 0 Å². The molecule has 1 saturated heterocycles. The van der Waals surface area contributed by atoms with Gasteiger partial charge in [-0.1, -0.05) is 19.4 Å². The number of thioether (sulfide) groups is 1. The Morgan fingerprint density at radius 1 is 1.30 bits per heavy atom. The van der Waals surface area contributed by atoms with Crippen LogP contribution in [0.25, 0.3) is 0 Å². The zero-order chi connectivity index (χ0) is 19.2. The van der Waals surface area contributed by atoms with Gasteiger partial charge in [-0.2, -0.15) is 0 Å². The molecule has 3 aliphatic heterocycles. The van der Waals surface area contributed by atoms with Crippen molar-refractivity contribution in [1.82, 2.24) is 4.90 Å². The Bertz CT molecular complexity index is 728. The van der Waals surface area contributed by atoms with Gasteiger partial charge in [-0.3, -0.25) is 0 Å². The first-order valence-corrected chi connectivity index (χ1v) is 11.4. The number of hydrogen-bond donors (Lipinski definition) is 0. The largest absolute Gasteiger partial charge is 0.444 e. The van der Waals surface area contributed by atoms with E-state index in [9.17, 15) is 4.79 Å². The van der Waals surface area contributed by atoms with Gasteiger partial charge in [-0.05, 0) is 63.0 Å². The highest BCUT2D eigenvalue weighted by Crippen LogP contribution is 2.51. The number of carbonyl (C=O) groups is 1. The Hall–Kier alpha value is -1.36. The summed E-state index contributed by atoms with van der Waals surface area (Å²) in [7, 11) is 0. The third-order valence-corrected chi connectivity index (χ3v) is 6.93. The molecule has 5 heteroatoms. The molecule has 27 heavy (non-hydrogen) atoms. The molecular weight excluding hydrogens is 356 g/mol. The van der Waals surface area contributed by atoms with Crippen molar-refractivity contribution in [3.05, 3.63) is 23.3 Å². The highest BCUT2D eigenvalue weighted by atomic mass is 32.2. The quantitative estimate of drug-likeness (QED) is 0.710. The van der Waals surface area contributed by atoms with Crippen molar-refractivity contribution in [2.24, 2.45) is 0 Å². The first-order valence-electron chi connectivity index (χ1n) is 10.4. The topological polar surface area (TPSA) is 32.8 Å². The lowest BCUT2D eigenvalue weighted by molar-refractivity contribution is 0.0189. The Labute approximate surface area is 167 Å². The summed E-state index contributed by atoms with van der Waals surface area (Å²) in [5.74, 6) is 1.62. The zero-order valence-electron chi connectivity index (χ0n) is 17.1. The summed E-state index contributed by atoms with van der Waals surface area (Å²) in [5.41, 5.74) is 3.96. The van der Waals surface area contributed by atoms with Crippen molar-refractivity contribution in [2.75, 3.05) is 30.3 Å². The van der Waals surface area contributed by atoms with E-state index < -0.39 is 5.60 Å². The fraction of sp³-hybridized carbons (Fsp3) is 0.682. The molecule has 0 radical (unpaired) electrons. The number of piperidine rings is 1. The van der Waals surface area contributed by atoms with E-state index in [-0.39, 0.29) is 6.09 Å². The normalized spacial score (nSPS) is 24.3. The van der Waals surface area contributed by atoms with E-state index in [1.807, 2.05) is 37.4 Å². The molecule has 0 unspecified atom stereocenters. The second kappa shape index (κ2) is 7.23. The molecule has 4 rings (SSSR count). The van der Waals surface area contributed by atoms with E-state index in [1.165, 1.54) is 40.3 Å². The van der Waals surface area contributed by atoms with Crippen LogP contribution < -0.4 is 4.90 Å². The molecule has 0 spiro atoms. The summed E-state index contributed by atoms with van der Waals surface area (Å²) >= 11 is 2.02. The van der Waals surface area contributed by atoms with Gasteiger partial charge in [-0.15, -0.1) is 11.8 Å². The smallest absolute Gasteiger partial charge is 0.410 e. The molecule has 2 atom stereocenters. The third-order valence-electron chi connectivity index (χ3n) is 5.82. The van der Waals surface area contributed by atoms with Crippen molar-refractivity contribution < 1.29 is 9.53 Å². The highest BCUT2D eigenvalue weighted by molar-refractivity contribution is 7.99. The SMILES string of the molecule is CCCc1cc2c3c(c1)[C@@H]1CN(C(=O)OC(C)(C)C)CC[C@@H]1N3CCCS2. The Balaban J connectivity index is 1.65. The monoisotopic (exact) mass is 388 g/mol. The highest BCUT2D eigenvalue weighted by Gasteiger charge is 2.45. The van der Waals surface area contributed by atoms with E-state index >= 15 is 0 Å². The number of hydrogen-bond acceptors (Lipinski definition) is 4. The molecule has 4 nitrogen and oxygen atoms in total. The number of aryl methyl sites for hydroxylation is 1. The molecule has 148 valence electrons. The maximum Gasteiger partial charge on any atom is 0.410 e. The fourth-order valence-corrected chi connectivity index (χ4v) is 5.89. The average Bonchev–Trinajstić information content (AvgIpc) is 2.75. The van der Waals surface area contributed by atoms with Crippen molar-refractivity contribution in [3.8, 4) is 0 Å². The van der Waals surface area contributed by atoms with Gasteiger partial charge < -0.3 is 14.5 Å². The van der Waals surface area contributed by atoms with Crippen LogP contribution in [-0.2, 0) is 11.2 Å². The molecule has 0 saturated carbocycles. The second-order valence-electron chi connectivity index (χ2n) is 9.07. The molecule has 1 fully saturated rings. The number of amides is 1. The maximum atomic E-state index is 12.7. The molecule has 3 heterocycles. The van der Waals surface area contributed by atoms with Crippen molar-refractivity contribution >= 4 is 23.5 Å². The van der Waals surface area contributed by atoms with Crippen LogP contribution in [0.5, 0.6) is 0 Å². The summed E-state index contributed by atoms with van der Waals surface area (Å²) in [6.45, 7) is 10.8. The van der Waals surface area contributed by atoms with Gasteiger partial charge in [0.25, 0.3) is 0 Å². The van der Waals surface area contributed by atoms with Gasteiger partial charge in [0.05, 0.1) is 5.69 Å². The molecule has 1 amide bonds. The molecule has 0 aromatic heterocycles. The maximum absolute atomic E-state index is 12.7. The third kappa shape index (κ3) is 3.67. The van der Waals surface area contributed by atoms with E-state index in [0.717, 1.165) is 32.5 Å². The van der Waals surface area contributed by atoms with Crippen LogP contribution in [0.1, 0.15) is 64.0 Å². The minimum atomic E-state index is -0.438. The number of ether oxygens (including phenoxy) is 1. The molecule has 0 aliphatic carbocycles. The Kier molecular flexibility index (Phi) is 5.08. The minimum absolute atomic E-state index is 0.160. The lowest BCUT2D eigenvalue weighted by atomic mass is 9.88. The summed E-state index contributed by atoms with van der Waals surface area (Å²) in [5, 5.41) is 0. The molecule has 1 aromatic carbocycles. The molecular formula is C22H32N2O2S. The zero-order valence-corrected chi connectivity index (χ0v) is 17.9. The van der Waals surface area contributed by atoms with Gasteiger partial charge in [0.15, 0.2) is 0 Å². The van der Waals surface area contributed by atoms with E-state index in [1.54, 1.807) is 0 Å². The molecule has 0 N–H and O–H groups in total. The van der Waals surface area contributed by atoms with Crippen molar-refractivity contribution in [2.45, 2.75) is 75.8 Å². The standard InChI is InChI=1S/C22H32N2O2S/c1-5-7-15-12-16-17-14-23(21(25)26-22(2,3)4)10-8-18(17)24-9-6-11-27-19(13-15)20(16)24/h12-13,17-18H,5-11,14H2,1-4H3/t17-,18-/m0/s1. The lowest BCUT2D eigenvalue weighted by Crippen LogP contribution is -2.49. The predicted molar refractivity (Wildman–Crippen MR) is 112 cm³/mol. The van der Waals surface area contributed by atoms with Crippen LogP contribution in [0.2, 0.25) is 0 Å². The molecule has 3 aliphatic rings. The number of fused-ring (bicyclic) bond motifs is 3. The van der Waals surface area contributed by atoms with Crippen molar-refractivity contribution in [1.29, 1.82) is 0 Å². The first kappa shape index (κ1) is 19.0. The van der Waals surface area contributed by atoms with Gasteiger partial charge in [-0.25, -0.2) is 4.79 Å². The van der Waals surface area contributed by atoms with E-state index in [0.29, 0.717) is 12.0 Å². The summed E-state index contributed by atoms with van der Waals surface area (Å²) in [6.07, 6.45) is 4.41. The number of likely N-dealkylation sites (tertiary alicyclic amines) is 1. The number of benzene rings is 1. The van der Waals surface area contributed by atoms with Crippen molar-refractivity contribution in [3.63, 3.8) is 0 Å². The van der Waals surface area contributed by atoms with E-state index in [4.69, 9.17) is 4.74 Å². The summed E-state index contributed by atoms with van der Waals surface area (Å²) in [6, 6.07) is 5.40. The van der Waals surface area contributed by atoms with Crippen LogP contribution in [-0.4, -0.2) is 48.0 Å². The second-order valence-corrected chi connectivity index (χ2v) is 10.2. The average molecular weight is 389 g/mol. The van der Waals surface area contributed by atoms with Crippen LogP contribution in [0.15, 0.2) is 17.0 Å². The number of carbonyl (C=O) groups excluding carboxylic acids is 1. The van der Waals surface area contributed by atoms with Gasteiger partial charge in [0, 0.05) is 36.5 Å². The molecule has 1 aromatic rings. The van der Waals surface area contributed by atoms with Gasteiger partial charge in [0.2, 0.25) is 0 Å². The molecule has 0 bridgehead atoms. The summed E-state index contributed by atoms with van der Waals surface area (Å²) in [4.78, 5) is 18.7. The fourth-order valence-electron chi connectivity index (χ4n) is 4.79. The minimum Gasteiger partial charge on any atom is -0.444 e. The van der Waals surface area contributed by atoms with Gasteiger partial charge in [0.1, 0.15) is 5.60 Å². The Morgan fingerprint density at radius 2 is 2.11 bits per heavy atom. The van der Waals surface area contributed by atoms with Crippen LogP contribution in [0, 0.1) is 0 Å². The first-order chi connectivity index (χ1) is 12.9. The summed E-state index contributed by atoms with van der Waals surface area (Å²) < 4.78 is 5.65. The Morgan fingerprint density at radius 3 is 2.85 bits per heavy atom. The van der Waals surface area contributed by atoms with Gasteiger partial charge >= 0.3 is 6.09 Å². The predicted octanol–water partition coefficient (Wildman–Crippen LogP) is 5.05. The van der Waals surface area contributed by atoms with Crippen LogP contribution in [0.4, 0.5) is 10.5 Å². The van der Waals surface area contributed by atoms with E-state index in [2.05, 4.69) is 24.0 Å². The lowest BCUT2D eigenvalue weighted by Gasteiger charge is -2.39. The van der Waals surface area contributed by atoms with Crippen LogP contribution >= 0.6 is 11.8 Å². The number of nitrogens with zero attached hydrogens (tertiary/aromatic N) is 2.